The Morgan fingerprint density at radius 2 is 2.11 bits per heavy atom. The van der Waals surface area contributed by atoms with E-state index in [1.54, 1.807) is 7.11 Å². The molecule has 1 aliphatic rings. The van der Waals surface area contributed by atoms with Gasteiger partial charge in [0.05, 0.1) is 23.7 Å². The molecule has 0 unspecified atom stereocenters. The lowest BCUT2D eigenvalue weighted by Gasteiger charge is -2.21. The van der Waals surface area contributed by atoms with Gasteiger partial charge in [0, 0.05) is 0 Å². The zero-order chi connectivity index (χ0) is 18.8. The number of thiazole rings is 1. The number of methoxy groups -OCH3 is 1. The number of carboxylic acids is 1. The number of hydrogen-bond acceptors (Lipinski definition) is 6. The summed E-state index contributed by atoms with van der Waals surface area (Å²) >= 11 is 1.48. The van der Waals surface area contributed by atoms with Crippen LogP contribution in [0.15, 0.2) is 36.4 Å². The minimum Gasteiger partial charge on any atom is -0.493 e. The van der Waals surface area contributed by atoms with Gasteiger partial charge in [-0.3, -0.25) is 4.79 Å². The molecule has 138 valence electrons. The van der Waals surface area contributed by atoms with Gasteiger partial charge in [0.1, 0.15) is 18.2 Å². The maximum Gasteiger partial charge on any atom is 0.307 e. The topological polar surface area (TPSA) is 77.9 Å². The Hall–Kier alpha value is -3.06. The lowest BCUT2D eigenvalue weighted by atomic mass is 10.1. The van der Waals surface area contributed by atoms with E-state index >= 15 is 0 Å². The largest absolute Gasteiger partial charge is 0.493 e. The van der Waals surface area contributed by atoms with Crippen molar-refractivity contribution in [1.82, 2.24) is 4.98 Å². The van der Waals surface area contributed by atoms with Crippen LogP contribution >= 0.6 is 11.3 Å². The van der Waals surface area contributed by atoms with E-state index in [1.807, 2.05) is 42.5 Å². The minimum absolute atomic E-state index is 0.128. The van der Waals surface area contributed by atoms with Crippen LogP contribution in [0.25, 0.3) is 21.9 Å². The smallest absolute Gasteiger partial charge is 0.307 e. The molecule has 0 saturated heterocycles. The lowest BCUT2D eigenvalue weighted by Crippen LogP contribution is -2.16. The second-order valence-corrected chi connectivity index (χ2v) is 7.00. The Morgan fingerprint density at radius 3 is 2.89 bits per heavy atom. The molecular weight excluding hydrogens is 366 g/mol. The first kappa shape index (κ1) is 17.4. The number of aliphatic carboxylic acids is 1. The molecule has 0 saturated carbocycles. The Balaban J connectivity index is 1.80. The number of aromatic nitrogens is 1. The van der Waals surface area contributed by atoms with Crippen molar-refractivity contribution in [2.24, 2.45) is 0 Å². The Bertz CT molecular complexity index is 990. The zero-order valence-corrected chi connectivity index (χ0v) is 15.4. The van der Waals surface area contributed by atoms with E-state index in [4.69, 9.17) is 14.2 Å². The van der Waals surface area contributed by atoms with Gasteiger partial charge in [0.25, 0.3) is 0 Å². The normalized spacial score (nSPS) is 13.6. The molecule has 3 aromatic rings. The van der Waals surface area contributed by atoms with Gasteiger partial charge in [-0.15, -0.1) is 11.3 Å². The summed E-state index contributed by atoms with van der Waals surface area (Å²) in [6.45, 7) is 0.928. The summed E-state index contributed by atoms with van der Waals surface area (Å²) in [6, 6.07) is 11.4. The molecule has 0 radical (unpaired) electrons. The van der Waals surface area contributed by atoms with Crippen LogP contribution in [0.4, 0.5) is 0 Å². The molecule has 4 rings (SSSR count). The Morgan fingerprint density at radius 1 is 1.30 bits per heavy atom. The molecular formula is C20H17NO5S. The van der Waals surface area contributed by atoms with Gasteiger partial charge < -0.3 is 19.3 Å². The first-order chi connectivity index (χ1) is 13.1. The lowest BCUT2D eigenvalue weighted by molar-refractivity contribution is -0.135. The molecule has 0 spiro atoms. The van der Waals surface area contributed by atoms with Crippen LogP contribution < -0.4 is 14.2 Å². The summed E-state index contributed by atoms with van der Waals surface area (Å²) in [4.78, 5) is 16.0. The molecule has 0 amide bonds. The second-order valence-electron chi connectivity index (χ2n) is 5.97. The van der Waals surface area contributed by atoms with Crippen LogP contribution in [0.2, 0.25) is 0 Å². The predicted molar refractivity (Wildman–Crippen MR) is 104 cm³/mol. The fourth-order valence-electron chi connectivity index (χ4n) is 2.94. The van der Waals surface area contributed by atoms with Gasteiger partial charge in [0.2, 0.25) is 5.75 Å². The third-order valence-corrected chi connectivity index (χ3v) is 5.21. The van der Waals surface area contributed by atoms with Crippen LogP contribution in [0.3, 0.4) is 0 Å². The number of ether oxygens (including phenoxy) is 3. The van der Waals surface area contributed by atoms with Crippen LogP contribution in [-0.2, 0) is 4.79 Å². The van der Waals surface area contributed by atoms with Crippen molar-refractivity contribution in [3.05, 3.63) is 47.0 Å². The number of carbonyl (C=O) groups is 1. The van der Waals surface area contributed by atoms with E-state index in [0.29, 0.717) is 41.0 Å². The Labute approximate surface area is 159 Å². The highest BCUT2D eigenvalue weighted by Gasteiger charge is 2.19. The van der Waals surface area contributed by atoms with Gasteiger partial charge >= 0.3 is 5.97 Å². The van der Waals surface area contributed by atoms with Crippen LogP contribution in [0.1, 0.15) is 17.0 Å². The summed E-state index contributed by atoms with van der Waals surface area (Å²) in [7, 11) is 1.56. The summed E-state index contributed by atoms with van der Waals surface area (Å²) < 4.78 is 17.7. The average Bonchev–Trinajstić information content (AvgIpc) is 3.10. The maximum atomic E-state index is 11.4. The van der Waals surface area contributed by atoms with Crippen molar-refractivity contribution < 1.29 is 24.1 Å². The van der Waals surface area contributed by atoms with Gasteiger partial charge in [-0.05, 0) is 41.5 Å². The number of para-hydroxylation sites is 1. The molecule has 6 nitrogen and oxygen atoms in total. The van der Waals surface area contributed by atoms with Crippen molar-refractivity contribution in [2.45, 2.75) is 6.42 Å². The molecule has 0 atom stereocenters. The van der Waals surface area contributed by atoms with Crippen molar-refractivity contribution in [2.75, 3.05) is 20.3 Å². The van der Waals surface area contributed by atoms with E-state index in [0.717, 1.165) is 15.8 Å². The van der Waals surface area contributed by atoms with Gasteiger partial charge in [-0.1, -0.05) is 12.1 Å². The number of carboxylic acid groups (broad SMARTS) is 1. The number of hydrogen-bond donors (Lipinski definition) is 1. The maximum absolute atomic E-state index is 11.4. The average molecular weight is 383 g/mol. The van der Waals surface area contributed by atoms with Crippen LogP contribution in [-0.4, -0.2) is 36.4 Å². The molecule has 0 bridgehead atoms. The number of benzene rings is 2. The monoisotopic (exact) mass is 383 g/mol. The molecule has 2 aromatic carbocycles. The first-order valence-corrected chi connectivity index (χ1v) is 9.21. The summed E-state index contributed by atoms with van der Waals surface area (Å²) in [5.41, 5.74) is 2.25. The molecule has 0 aliphatic carbocycles. The standard InChI is InChI=1S/C20H17NO5S/c1-24-15-9-12(10-16-19(15)26-7-6-25-16)8-13(11-18(22)23)20-21-14-4-2-3-5-17(14)27-20/h2-5,8-10H,6-7,11H2,1H3,(H,22,23)/b13-8+. The fraction of sp³-hybridized carbons (Fsp3) is 0.200. The van der Waals surface area contributed by atoms with Gasteiger partial charge in [-0.25, -0.2) is 4.98 Å². The SMILES string of the molecule is COc1cc(/C=C(\CC(=O)O)c2nc3ccccc3s2)cc2c1OCCO2. The number of fused-ring (bicyclic) bond motifs is 2. The minimum atomic E-state index is -0.912. The van der Waals surface area contributed by atoms with E-state index < -0.39 is 5.97 Å². The third-order valence-electron chi connectivity index (χ3n) is 4.10. The number of nitrogens with zero attached hydrogens (tertiary/aromatic N) is 1. The molecule has 1 aliphatic heterocycles. The second kappa shape index (κ2) is 7.28. The van der Waals surface area contributed by atoms with E-state index in [2.05, 4.69) is 4.98 Å². The summed E-state index contributed by atoms with van der Waals surface area (Å²) in [6.07, 6.45) is 1.68. The van der Waals surface area contributed by atoms with Crippen molar-refractivity contribution in [3.8, 4) is 17.2 Å². The Kier molecular flexibility index (Phi) is 4.68. The summed E-state index contributed by atoms with van der Waals surface area (Å²) in [5.74, 6) is 0.800. The van der Waals surface area contributed by atoms with Crippen LogP contribution in [0, 0.1) is 0 Å². The quantitative estimate of drug-likeness (QED) is 0.715. The first-order valence-electron chi connectivity index (χ1n) is 8.40. The fourth-order valence-corrected chi connectivity index (χ4v) is 3.92. The van der Waals surface area contributed by atoms with Crippen molar-refractivity contribution in [3.63, 3.8) is 0 Å². The highest BCUT2D eigenvalue weighted by Crippen LogP contribution is 2.41. The van der Waals surface area contributed by atoms with E-state index in [1.165, 1.54) is 11.3 Å². The molecule has 0 fully saturated rings. The summed E-state index contributed by atoms with van der Waals surface area (Å²) in [5, 5.41) is 10.0. The third kappa shape index (κ3) is 3.59. The van der Waals surface area contributed by atoms with E-state index in [-0.39, 0.29) is 6.42 Å². The number of rotatable bonds is 5. The van der Waals surface area contributed by atoms with Crippen LogP contribution in [0.5, 0.6) is 17.2 Å². The molecule has 1 N–H and O–H groups in total. The molecule has 2 heterocycles. The van der Waals surface area contributed by atoms with E-state index in [9.17, 15) is 9.90 Å². The molecule has 7 heteroatoms. The molecule has 1 aromatic heterocycles. The van der Waals surface area contributed by atoms with Gasteiger partial charge in [-0.2, -0.15) is 0 Å². The van der Waals surface area contributed by atoms with Gasteiger partial charge in [0.15, 0.2) is 11.5 Å². The predicted octanol–water partition coefficient (Wildman–Crippen LogP) is 4.09. The highest BCUT2D eigenvalue weighted by atomic mass is 32.1. The zero-order valence-electron chi connectivity index (χ0n) is 14.6. The highest BCUT2D eigenvalue weighted by molar-refractivity contribution is 7.19. The van der Waals surface area contributed by atoms with Crippen molar-refractivity contribution >= 4 is 39.2 Å². The van der Waals surface area contributed by atoms with Crippen molar-refractivity contribution in [1.29, 1.82) is 0 Å². The molecule has 27 heavy (non-hydrogen) atoms.